The van der Waals surface area contributed by atoms with E-state index >= 15 is 0 Å². The topological polar surface area (TPSA) is 71.1 Å². The van der Waals surface area contributed by atoms with Crippen molar-refractivity contribution in [2.24, 2.45) is 10.9 Å². The molecule has 0 aliphatic carbocycles. The van der Waals surface area contributed by atoms with Crippen molar-refractivity contribution in [3.8, 4) is 0 Å². The van der Waals surface area contributed by atoms with Gasteiger partial charge in [0, 0.05) is 32.3 Å². The predicted octanol–water partition coefficient (Wildman–Crippen LogP) is 2.44. The lowest BCUT2D eigenvalue weighted by Crippen LogP contribution is -2.34. The molecule has 1 rings (SSSR count). The summed E-state index contributed by atoms with van der Waals surface area (Å²) in [6.45, 7) is 5.70. The standard InChI is InChI=1S/C15H25N3O2/c1-15(2,20-3)10-12-18(11-9-14(16)17-19)13-7-5-4-6-8-13/h4-8,19H,9-12H2,1-3H3,(H2,16,17). The van der Waals surface area contributed by atoms with Gasteiger partial charge >= 0.3 is 0 Å². The third kappa shape index (κ3) is 5.48. The minimum absolute atomic E-state index is 0.163. The van der Waals surface area contributed by atoms with Crippen LogP contribution in [0.2, 0.25) is 0 Å². The predicted molar refractivity (Wildman–Crippen MR) is 82.4 cm³/mol. The number of methoxy groups -OCH3 is 1. The van der Waals surface area contributed by atoms with Crippen LogP contribution in [0.3, 0.4) is 0 Å². The summed E-state index contributed by atoms with van der Waals surface area (Å²) in [7, 11) is 1.73. The van der Waals surface area contributed by atoms with Crippen LogP contribution in [0, 0.1) is 0 Å². The van der Waals surface area contributed by atoms with E-state index < -0.39 is 0 Å². The van der Waals surface area contributed by atoms with Gasteiger partial charge in [-0.05, 0) is 32.4 Å². The van der Waals surface area contributed by atoms with Gasteiger partial charge in [0.1, 0.15) is 5.84 Å². The largest absolute Gasteiger partial charge is 0.409 e. The number of ether oxygens (including phenoxy) is 1. The number of oxime groups is 1. The van der Waals surface area contributed by atoms with Crippen LogP contribution in [-0.4, -0.2) is 36.8 Å². The molecule has 0 saturated heterocycles. The van der Waals surface area contributed by atoms with Crippen molar-refractivity contribution in [3.05, 3.63) is 30.3 Å². The number of nitrogens with zero attached hydrogens (tertiary/aromatic N) is 2. The maximum atomic E-state index is 8.64. The normalized spacial score (nSPS) is 12.4. The zero-order chi connectivity index (χ0) is 15.0. The Kier molecular flexibility index (Phi) is 6.31. The van der Waals surface area contributed by atoms with E-state index in [1.54, 1.807) is 7.11 Å². The molecule has 0 amide bonds. The number of amidine groups is 1. The zero-order valence-electron chi connectivity index (χ0n) is 12.5. The van der Waals surface area contributed by atoms with Crippen LogP contribution in [0.4, 0.5) is 5.69 Å². The van der Waals surface area contributed by atoms with Gasteiger partial charge in [-0.25, -0.2) is 0 Å². The summed E-state index contributed by atoms with van der Waals surface area (Å²) in [6.07, 6.45) is 1.42. The van der Waals surface area contributed by atoms with Crippen LogP contribution in [0.15, 0.2) is 35.5 Å². The average Bonchev–Trinajstić information content (AvgIpc) is 2.47. The Morgan fingerprint density at radius 2 is 1.95 bits per heavy atom. The molecule has 0 radical (unpaired) electrons. The van der Waals surface area contributed by atoms with E-state index in [0.29, 0.717) is 13.0 Å². The molecule has 1 aromatic rings. The molecular formula is C15H25N3O2. The fraction of sp³-hybridized carbons (Fsp3) is 0.533. The van der Waals surface area contributed by atoms with Crippen LogP contribution in [0.25, 0.3) is 0 Å². The summed E-state index contributed by atoms with van der Waals surface area (Å²) in [5.41, 5.74) is 6.52. The van der Waals surface area contributed by atoms with Gasteiger partial charge in [-0.3, -0.25) is 0 Å². The first-order valence-electron chi connectivity index (χ1n) is 6.80. The highest BCUT2D eigenvalue weighted by atomic mass is 16.5. The van der Waals surface area contributed by atoms with Gasteiger partial charge in [0.25, 0.3) is 0 Å². The lowest BCUT2D eigenvalue weighted by molar-refractivity contribution is 0.0172. The van der Waals surface area contributed by atoms with Gasteiger partial charge in [0.2, 0.25) is 0 Å². The highest BCUT2D eigenvalue weighted by Crippen LogP contribution is 2.19. The third-order valence-corrected chi connectivity index (χ3v) is 3.42. The van der Waals surface area contributed by atoms with Crippen molar-refractivity contribution in [3.63, 3.8) is 0 Å². The summed E-state index contributed by atoms with van der Waals surface area (Å²) >= 11 is 0. The molecule has 3 N–H and O–H groups in total. The number of hydrogen-bond donors (Lipinski definition) is 2. The molecule has 0 heterocycles. The highest BCUT2D eigenvalue weighted by molar-refractivity contribution is 5.80. The molecule has 0 unspecified atom stereocenters. The van der Waals surface area contributed by atoms with Crippen molar-refractivity contribution < 1.29 is 9.94 Å². The number of para-hydroxylation sites is 1. The zero-order valence-corrected chi connectivity index (χ0v) is 12.5. The molecule has 5 nitrogen and oxygen atoms in total. The van der Waals surface area contributed by atoms with E-state index in [9.17, 15) is 0 Å². The molecule has 20 heavy (non-hydrogen) atoms. The maximum Gasteiger partial charge on any atom is 0.140 e. The molecule has 112 valence electrons. The van der Waals surface area contributed by atoms with Crippen LogP contribution < -0.4 is 10.6 Å². The Labute approximate surface area is 121 Å². The monoisotopic (exact) mass is 279 g/mol. The van der Waals surface area contributed by atoms with Crippen LogP contribution in [0.1, 0.15) is 26.7 Å². The van der Waals surface area contributed by atoms with Gasteiger partial charge < -0.3 is 20.6 Å². The van der Waals surface area contributed by atoms with Gasteiger partial charge in [0.15, 0.2) is 0 Å². The van der Waals surface area contributed by atoms with Gasteiger partial charge in [0.05, 0.1) is 5.60 Å². The molecule has 0 aliphatic rings. The van der Waals surface area contributed by atoms with Crippen molar-refractivity contribution in [2.45, 2.75) is 32.3 Å². The molecule has 0 atom stereocenters. The number of hydrogen-bond acceptors (Lipinski definition) is 4. The Hall–Kier alpha value is -1.75. The van der Waals surface area contributed by atoms with Gasteiger partial charge in [-0.15, -0.1) is 0 Å². The summed E-state index contributed by atoms with van der Waals surface area (Å²) in [4.78, 5) is 2.22. The first-order chi connectivity index (χ1) is 9.48. The van der Waals surface area contributed by atoms with Crippen LogP contribution >= 0.6 is 0 Å². The molecule has 0 spiro atoms. The van der Waals surface area contributed by atoms with Gasteiger partial charge in [-0.2, -0.15) is 0 Å². The first kappa shape index (κ1) is 16.3. The summed E-state index contributed by atoms with van der Waals surface area (Å²) < 4.78 is 5.46. The fourth-order valence-corrected chi connectivity index (χ4v) is 1.81. The van der Waals surface area contributed by atoms with Crippen LogP contribution in [-0.2, 0) is 4.74 Å². The van der Waals surface area contributed by atoms with E-state index in [1.165, 1.54) is 0 Å². The molecule has 0 aromatic heterocycles. The Balaban J connectivity index is 2.70. The van der Waals surface area contributed by atoms with Crippen molar-refractivity contribution in [1.29, 1.82) is 0 Å². The molecule has 0 bridgehead atoms. The minimum Gasteiger partial charge on any atom is -0.409 e. The van der Waals surface area contributed by atoms with Crippen molar-refractivity contribution >= 4 is 11.5 Å². The van der Waals surface area contributed by atoms with E-state index in [-0.39, 0.29) is 11.4 Å². The SMILES string of the molecule is COC(C)(C)CCN(CC/C(N)=N/O)c1ccccc1. The van der Waals surface area contributed by atoms with E-state index in [0.717, 1.165) is 18.7 Å². The number of rotatable bonds is 8. The number of anilines is 1. The molecule has 1 aromatic carbocycles. The molecule has 0 saturated carbocycles. The molecule has 0 aliphatic heterocycles. The Morgan fingerprint density at radius 3 is 2.50 bits per heavy atom. The summed E-state index contributed by atoms with van der Waals surface area (Å²) in [5, 5.41) is 11.7. The number of nitrogens with two attached hydrogens (primary N) is 1. The lowest BCUT2D eigenvalue weighted by Gasteiger charge is -2.30. The van der Waals surface area contributed by atoms with Gasteiger partial charge in [-0.1, -0.05) is 23.4 Å². The number of benzene rings is 1. The molecular weight excluding hydrogens is 254 g/mol. The fourth-order valence-electron chi connectivity index (χ4n) is 1.81. The Morgan fingerprint density at radius 1 is 1.30 bits per heavy atom. The summed E-state index contributed by atoms with van der Waals surface area (Å²) in [6, 6.07) is 10.1. The second kappa shape index (κ2) is 7.75. The van der Waals surface area contributed by atoms with E-state index in [4.69, 9.17) is 15.7 Å². The lowest BCUT2D eigenvalue weighted by atomic mass is 10.0. The first-order valence-corrected chi connectivity index (χ1v) is 6.80. The van der Waals surface area contributed by atoms with E-state index in [1.807, 2.05) is 18.2 Å². The molecule has 0 fully saturated rings. The van der Waals surface area contributed by atoms with E-state index in [2.05, 4.69) is 36.0 Å². The smallest absolute Gasteiger partial charge is 0.140 e. The second-order valence-corrected chi connectivity index (χ2v) is 5.38. The van der Waals surface area contributed by atoms with Crippen LogP contribution in [0.5, 0.6) is 0 Å². The quantitative estimate of drug-likeness (QED) is 0.332. The molecule has 5 heteroatoms. The van der Waals surface area contributed by atoms with Crippen molar-refractivity contribution in [2.75, 3.05) is 25.1 Å². The Bertz CT molecular complexity index is 418. The summed E-state index contributed by atoms with van der Waals surface area (Å²) in [5.74, 6) is 0.247. The maximum absolute atomic E-state index is 8.64. The second-order valence-electron chi connectivity index (χ2n) is 5.38. The average molecular weight is 279 g/mol. The third-order valence-electron chi connectivity index (χ3n) is 3.42. The minimum atomic E-state index is -0.163. The van der Waals surface area contributed by atoms with Crippen molar-refractivity contribution in [1.82, 2.24) is 0 Å². The highest BCUT2D eigenvalue weighted by Gasteiger charge is 2.18.